The molecule has 2 aliphatic heterocycles. The normalized spacial score (nSPS) is 23.2. The lowest BCUT2D eigenvalue weighted by Gasteiger charge is -2.36. The van der Waals surface area contributed by atoms with Crippen molar-refractivity contribution in [3.8, 4) is 0 Å². The average molecular weight is 471 g/mol. The first-order valence-corrected chi connectivity index (χ1v) is 12.4. The van der Waals surface area contributed by atoms with Crippen LogP contribution in [0.3, 0.4) is 0 Å². The van der Waals surface area contributed by atoms with Crippen molar-refractivity contribution < 1.29 is 4.79 Å². The number of thiocarbonyl (C=S) groups is 1. The van der Waals surface area contributed by atoms with Gasteiger partial charge < -0.3 is 4.90 Å². The molecule has 2 aliphatic rings. The van der Waals surface area contributed by atoms with Gasteiger partial charge in [-0.1, -0.05) is 57.7 Å². The van der Waals surface area contributed by atoms with Crippen molar-refractivity contribution in [2.24, 2.45) is 17.8 Å². The first-order chi connectivity index (χ1) is 15.1. The van der Waals surface area contributed by atoms with E-state index < -0.39 is 0 Å². The summed E-state index contributed by atoms with van der Waals surface area (Å²) in [6.45, 7) is 12.8. The van der Waals surface area contributed by atoms with Crippen molar-refractivity contribution >= 4 is 51.7 Å². The van der Waals surface area contributed by atoms with Crippen LogP contribution in [-0.4, -0.2) is 44.1 Å². The van der Waals surface area contributed by atoms with E-state index in [1.165, 1.54) is 11.8 Å². The maximum absolute atomic E-state index is 13.6. The van der Waals surface area contributed by atoms with E-state index in [2.05, 4.69) is 32.6 Å². The molecule has 32 heavy (non-hydrogen) atoms. The third-order valence-corrected chi connectivity index (χ3v) is 7.23. The van der Waals surface area contributed by atoms with Crippen molar-refractivity contribution in [3.63, 3.8) is 0 Å². The molecule has 2 aromatic rings. The predicted molar refractivity (Wildman–Crippen MR) is 136 cm³/mol. The summed E-state index contributed by atoms with van der Waals surface area (Å²) in [5.74, 6) is 1.85. The summed E-state index contributed by atoms with van der Waals surface area (Å²) in [6.07, 6.45) is 4.67. The Morgan fingerprint density at radius 3 is 2.56 bits per heavy atom. The summed E-state index contributed by atoms with van der Waals surface area (Å²) in [6, 6.07) is 3.84. The Hall–Kier alpha value is -2.19. The smallest absolute Gasteiger partial charge is 0.267 e. The van der Waals surface area contributed by atoms with Crippen molar-refractivity contribution in [1.29, 1.82) is 0 Å². The van der Waals surface area contributed by atoms with Crippen molar-refractivity contribution in [3.05, 3.63) is 44.7 Å². The summed E-state index contributed by atoms with van der Waals surface area (Å²) in [7, 11) is 0. The van der Waals surface area contributed by atoms with Gasteiger partial charge in [0, 0.05) is 25.8 Å². The van der Waals surface area contributed by atoms with Gasteiger partial charge in [0.2, 0.25) is 0 Å². The molecule has 2 saturated heterocycles. The van der Waals surface area contributed by atoms with E-state index in [1.54, 1.807) is 21.6 Å². The van der Waals surface area contributed by atoms with Crippen molar-refractivity contribution in [2.75, 3.05) is 24.5 Å². The van der Waals surface area contributed by atoms with Gasteiger partial charge in [0.1, 0.15) is 15.8 Å². The van der Waals surface area contributed by atoms with Gasteiger partial charge >= 0.3 is 0 Å². The molecular weight excluding hydrogens is 440 g/mol. The number of rotatable bonds is 4. The monoisotopic (exact) mass is 470 g/mol. The van der Waals surface area contributed by atoms with Crippen LogP contribution in [0.4, 0.5) is 5.82 Å². The number of aromatic nitrogens is 2. The van der Waals surface area contributed by atoms with Crippen molar-refractivity contribution in [1.82, 2.24) is 14.3 Å². The highest BCUT2D eigenvalue weighted by Crippen LogP contribution is 2.35. The molecule has 4 heterocycles. The zero-order valence-corrected chi connectivity index (χ0v) is 20.9. The summed E-state index contributed by atoms with van der Waals surface area (Å²) < 4.78 is 2.12. The summed E-state index contributed by atoms with van der Waals surface area (Å²) >= 11 is 6.73. The fourth-order valence-corrected chi connectivity index (χ4v) is 5.86. The molecule has 8 heteroatoms. The molecule has 2 fully saturated rings. The van der Waals surface area contributed by atoms with E-state index in [9.17, 15) is 9.59 Å². The standard InChI is InChI=1S/C24H30N4O2S2/c1-14(2)10-28-23(30)19(32-24(28)31)9-18-21(26-11-16(4)8-17(5)12-26)25-20-7-6-15(3)13-27(20)22(18)29/h6-7,9,13-14,16-17H,8,10-12H2,1-5H3/b19-9-. The lowest BCUT2D eigenvalue weighted by Crippen LogP contribution is -2.40. The summed E-state index contributed by atoms with van der Waals surface area (Å²) in [5.41, 5.74) is 1.89. The first kappa shape index (κ1) is 23.0. The summed E-state index contributed by atoms with van der Waals surface area (Å²) in [4.78, 5) is 35.9. The molecule has 2 aromatic heterocycles. The topological polar surface area (TPSA) is 57.9 Å². The largest absolute Gasteiger partial charge is 0.355 e. The van der Waals surface area contributed by atoms with E-state index >= 15 is 0 Å². The number of hydrogen-bond donors (Lipinski definition) is 0. The molecule has 0 N–H and O–H groups in total. The molecule has 170 valence electrons. The molecule has 0 bridgehead atoms. The Morgan fingerprint density at radius 2 is 1.91 bits per heavy atom. The Kier molecular flexibility index (Phi) is 6.45. The molecule has 4 rings (SSSR count). The van der Waals surface area contributed by atoms with Crippen LogP contribution >= 0.6 is 24.0 Å². The quantitative estimate of drug-likeness (QED) is 0.489. The van der Waals surface area contributed by atoms with Crippen LogP contribution in [0.25, 0.3) is 11.7 Å². The van der Waals surface area contributed by atoms with Gasteiger partial charge in [0.25, 0.3) is 11.5 Å². The second-order valence-corrected chi connectivity index (χ2v) is 11.3. The molecule has 2 atom stereocenters. The van der Waals surface area contributed by atoms with Crippen LogP contribution in [-0.2, 0) is 4.79 Å². The number of fused-ring (bicyclic) bond motifs is 1. The Bertz CT molecular complexity index is 1160. The van der Waals surface area contributed by atoms with Gasteiger partial charge in [-0.15, -0.1) is 0 Å². The molecule has 0 aromatic carbocycles. The molecule has 2 unspecified atom stereocenters. The molecule has 0 radical (unpaired) electrons. The lowest BCUT2D eigenvalue weighted by atomic mass is 9.91. The van der Waals surface area contributed by atoms with Crippen LogP contribution in [0.1, 0.15) is 45.2 Å². The number of aryl methyl sites for hydroxylation is 1. The van der Waals surface area contributed by atoms with Crippen LogP contribution in [0.15, 0.2) is 28.0 Å². The number of nitrogens with zero attached hydrogens (tertiary/aromatic N) is 4. The molecule has 0 aliphatic carbocycles. The van der Waals surface area contributed by atoms with Crippen LogP contribution in [0, 0.1) is 24.7 Å². The van der Waals surface area contributed by atoms with E-state index in [1.807, 2.05) is 19.1 Å². The predicted octanol–water partition coefficient (Wildman–Crippen LogP) is 4.34. The molecule has 6 nitrogen and oxygen atoms in total. The van der Waals surface area contributed by atoms with Crippen LogP contribution < -0.4 is 10.5 Å². The zero-order valence-electron chi connectivity index (χ0n) is 19.3. The number of carbonyl (C=O) groups is 1. The fourth-order valence-electron chi connectivity index (χ4n) is 4.60. The van der Waals surface area contributed by atoms with Gasteiger partial charge in [-0.05, 0) is 48.8 Å². The van der Waals surface area contributed by atoms with Crippen LogP contribution in [0.2, 0.25) is 0 Å². The Balaban J connectivity index is 1.86. The van der Waals surface area contributed by atoms with Crippen molar-refractivity contribution in [2.45, 2.75) is 41.0 Å². The van der Waals surface area contributed by atoms with Gasteiger partial charge in [-0.3, -0.25) is 18.9 Å². The number of carbonyl (C=O) groups excluding carboxylic acids is 1. The van der Waals surface area contributed by atoms with Crippen LogP contribution in [0.5, 0.6) is 0 Å². The minimum atomic E-state index is -0.159. The van der Waals surface area contributed by atoms with Gasteiger partial charge in [-0.25, -0.2) is 4.98 Å². The van der Waals surface area contributed by atoms with E-state index in [0.29, 0.717) is 50.6 Å². The maximum Gasteiger partial charge on any atom is 0.267 e. The second kappa shape index (κ2) is 8.98. The van der Waals surface area contributed by atoms with Gasteiger partial charge in [-0.2, -0.15) is 0 Å². The number of anilines is 1. The highest BCUT2D eigenvalue weighted by molar-refractivity contribution is 8.26. The number of hydrogen-bond acceptors (Lipinski definition) is 6. The molecule has 0 saturated carbocycles. The van der Waals surface area contributed by atoms with E-state index in [-0.39, 0.29) is 11.5 Å². The second-order valence-electron chi connectivity index (χ2n) is 9.63. The highest BCUT2D eigenvalue weighted by atomic mass is 32.2. The third kappa shape index (κ3) is 4.48. The minimum Gasteiger partial charge on any atom is -0.355 e. The van der Waals surface area contributed by atoms with E-state index in [0.717, 1.165) is 25.1 Å². The fraction of sp³-hybridized carbons (Fsp3) is 0.500. The number of piperidine rings is 1. The Labute approximate surface area is 198 Å². The Morgan fingerprint density at radius 1 is 1.22 bits per heavy atom. The van der Waals surface area contributed by atoms with E-state index in [4.69, 9.17) is 17.2 Å². The zero-order chi connectivity index (χ0) is 23.2. The minimum absolute atomic E-state index is 0.131. The molecule has 1 amide bonds. The SMILES string of the molecule is Cc1ccc2nc(N3CC(C)CC(C)C3)c(/C=C3\SC(=S)N(CC(C)C)C3=O)c(=O)n2c1. The lowest BCUT2D eigenvalue weighted by molar-refractivity contribution is -0.122. The van der Waals surface area contributed by atoms with Gasteiger partial charge in [0.15, 0.2) is 0 Å². The highest BCUT2D eigenvalue weighted by Gasteiger charge is 2.33. The maximum atomic E-state index is 13.6. The number of thioether (sulfide) groups is 1. The average Bonchev–Trinajstić information content (AvgIpc) is 2.96. The molecule has 0 spiro atoms. The molecular formula is C24H30N4O2S2. The first-order valence-electron chi connectivity index (χ1n) is 11.2. The van der Waals surface area contributed by atoms with Gasteiger partial charge in [0.05, 0.1) is 10.5 Å². The summed E-state index contributed by atoms with van der Waals surface area (Å²) in [5, 5.41) is 0. The third-order valence-electron chi connectivity index (χ3n) is 5.85. The number of pyridine rings is 1. The number of amides is 1.